The zero-order valence-electron chi connectivity index (χ0n) is 22.2. The number of hydrogen-bond acceptors (Lipinski definition) is 18. The molecule has 19 nitrogen and oxygen atoms in total. The predicted molar refractivity (Wildman–Crippen MR) is 149 cm³/mol. The van der Waals surface area contributed by atoms with Crippen LogP contribution in [0, 0.1) is 5.41 Å². The van der Waals surface area contributed by atoms with Gasteiger partial charge in [0.2, 0.25) is 18.8 Å². The highest BCUT2D eigenvalue weighted by Gasteiger charge is 2.55. The van der Waals surface area contributed by atoms with Crippen molar-refractivity contribution in [1.29, 1.82) is 5.41 Å². The average molecular weight is 709 g/mol. The summed E-state index contributed by atoms with van der Waals surface area (Å²) in [4.78, 5) is 37.4. The van der Waals surface area contributed by atoms with E-state index in [0.717, 1.165) is 5.01 Å². The number of anilines is 1. The van der Waals surface area contributed by atoms with Gasteiger partial charge in [0.15, 0.2) is 30.6 Å². The number of guanidine groups is 1. The summed E-state index contributed by atoms with van der Waals surface area (Å²) in [5.74, 6) is -1.35. The smallest absolute Gasteiger partial charge is 0.261 e. The molecule has 5 aliphatic heterocycles. The number of amides is 1. The van der Waals surface area contributed by atoms with E-state index < -0.39 is 93.9 Å². The summed E-state index contributed by atoms with van der Waals surface area (Å²) in [5.41, 5.74) is 6.10. The number of hydrogen-bond donors (Lipinski definition) is 3. The lowest BCUT2D eigenvalue weighted by atomic mass is 10.1. The number of aromatic nitrogens is 3. The van der Waals surface area contributed by atoms with Gasteiger partial charge in [-0.15, -0.1) is 5.11 Å². The normalized spacial score (nSPS) is 42.0. The largest absolute Gasteiger partial charge is 0.780 e. The van der Waals surface area contributed by atoms with E-state index in [9.17, 15) is 14.3 Å². The lowest BCUT2D eigenvalue weighted by Gasteiger charge is -2.35. The highest BCUT2D eigenvalue weighted by Crippen LogP contribution is 2.53. The minimum atomic E-state index is -4.64. The van der Waals surface area contributed by atoms with Crippen molar-refractivity contribution in [3.05, 3.63) is 18.6 Å². The highest BCUT2D eigenvalue weighted by atomic mass is 32.7. The first-order valence-corrected chi connectivity index (χ1v) is 18.1. The number of carbonyl (C=O) groups is 1. The average Bonchev–Trinajstić information content (AvgIpc) is 3.72. The summed E-state index contributed by atoms with van der Waals surface area (Å²) in [5, 5.41) is 18.7. The first kappa shape index (κ1) is 31.1. The Balaban J connectivity index is 1.17. The number of carbonyl (C=O) groups excluding carboxylic acids is 1. The van der Waals surface area contributed by atoms with Gasteiger partial charge < -0.3 is 55.0 Å². The summed E-state index contributed by atoms with van der Waals surface area (Å²) >= 11 is 10.0. The van der Waals surface area contributed by atoms with Crippen molar-refractivity contribution in [2.45, 2.75) is 55.3 Å². The number of nitrogens with one attached hydrogen (secondary N) is 2. The van der Waals surface area contributed by atoms with Crippen LogP contribution in [-0.2, 0) is 61.0 Å². The van der Waals surface area contributed by atoms with Crippen molar-refractivity contribution in [3.8, 4) is 0 Å². The topological polar surface area (TPSA) is 246 Å². The molecular formula is C20H20F2N10O9P2S2-2. The van der Waals surface area contributed by atoms with Gasteiger partial charge in [-0.05, 0) is 6.07 Å². The van der Waals surface area contributed by atoms with Crippen LogP contribution in [0.1, 0.15) is 6.23 Å². The molecule has 7 heterocycles. The molecule has 0 aromatic carbocycles. The zero-order valence-corrected chi connectivity index (χ0v) is 25.6. The number of alkyl halides is 2. The Bertz CT molecular complexity index is 1740. The summed E-state index contributed by atoms with van der Waals surface area (Å²) in [6.07, 6.45) is -11.3. The molecule has 2 aromatic rings. The number of nitrogen functional groups attached to an aromatic ring is 1. The van der Waals surface area contributed by atoms with Crippen LogP contribution < -0.4 is 15.9 Å². The Hall–Kier alpha value is -2.56. The van der Waals surface area contributed by atoms with Gasteiger partial charge in [-0.2, -0.15) is 10.0 Å². The van der Waals surface area contributed by atoms with Crippen molar-refractivity contribution < 1.29 is 50.6 Å². The predicted octanol–water partition coefficient (Wildman–Crippen LogP) is -0.117. The van der Waals surface area contributed by atoms with Crippen molar-refractivity contribution in [2.75, 3.05) is 18.9 Å². The molecule has 242 valence electrons. The summed E-state index contributed by atoms with van der Waals surface area (Å²) in [6.45, 7) is -10.8. The summed E-state index contributed by atoms with van der Waals surface area (Å²) < 4.78 is 79.4. The number of nitrogens with zero attached hydrogens (tertiary/aromatic N) is 7. The van der Waals surface area contributed by atoms with E-state index in [1.54, 1.807) is 0 Å². The fraction of sp³-hybridized carbons (Fsp3) is 0.550. The second kappa shape index (κ2) is 11.3. The lowest BCUT2D eigenvalue weighted by Crippen LogP contribution is -2.52. The third-order valence-electron chi connectivity index (χ3n) is 7.34. The molecule has 3 fully saturated rings. The van der Waals surface area contributed by atoms with Gasteiger partial charge >= 0.3 is 0 Å². The molecule has 3 unspecified atom stereocenters. The number of nitrogens with two attached hydrogens (primary N) is 1. The number of fused-ring (bicyclic) bond motifs is 5. The first-order valence-electron chi connectivity index (χ1n) is 12.9. The summed E-state index contributed by atoms with van der Waals surface area (Å²) in [6, 6.07) is 0.253. The van der Waals surface area contributed by atoms with Gasteiger partial charge in [0, 0.05) is 6.20 Å². The van der Waals surface area contributed by atoms with E-state index in [0.29, 0.717) is 5.39 Å². The van der Waals surface area contributed by atoms with Crippen LogP contribution in [-0.4, -0.2) is 99.5 Å². The molecule has 0 saturated carbocycles. The molecule has 25 heteroatoms. The van der Waals surface area contributed by atoms with Crippen molar-refractivity contribution >= 4 is 72.1 Å². The number of rotatable bonds is 2. The minimum Gasteiger partial charge on any atom is -0.780 e. The molecule has 3 saturated heterocycles. The molecule has 0 spiro atoms. The van der Waals surface area contributed by atoms with Crippen molar-refractivity contribution in [2.24, 2.45) is 15.3 Å². The summed E-state index contributed by atoms with van der Waals surface area (Å²) in [7, 11) is 0. The molecule has 4 N–H and O–H groups in total. The maximum Gasteiger partial charge on any atom is 0.261 e. The molecule has 11 atom stereocenters. The van der Waals surface area contributed by atoms with Gasteiger partial charge in [-0.1, -0.05) is 17.0 Å². The second-order valence-corrected chi connectivity index (χ2v) is 15.5. The molecule has 0 aliphatic carbocycles. The van der Waals surface area contributed by atoms with E-state index in [4.69, 9.17) is 62.8 Å². The number of ether oxygens (including phenoxy) is 2. The van der Waals surface area contributed by atoms with Gasteiger partial charge in [0.25, 0.3) is 5.91 Å². The zero-order chi connectivity index (χ0) is 31.8. The number of halogens is 2. The van der Waals surface area contributed by atoms with E-state index in [2.05, 4.69) is 30.6 Å². The van der Waals surface area contributed by atoms with E-state index in [1.807, 2.05) is 0 Å². The molecular weight excluding hydrogens is 688 g/mol. The minimum absolute atomic E-state index is 0.131. The molecule has 5 aliphatic rings. The SMILES string of the molecule is N=C1N=C2C(N=NN2[C@@H]2O[C@@H]3COP([O-])(=S)O[C@H]4[C@H](F)[C@H](n5ccc6c(N)ncnc65)O[C@@H]4COP(=O)([S-])O[C@@H]2[C@H]3F)C(=O)N1. The van der Waals surface area contributed by atoms with Crippen LogP contribution >= 0.6 is 13.5 Å². The molecule has 45 heavy (non-hydrogen) atoms. The monoisotopic (exact) mass is 708 g/mol. The van der Waals surface area contributed by atoms with Gasteiger partial charge in [-0.25, -0.2) is 18.7 Å². The Morgan fingerprint density at radius 2 is 1.89 bits per heavy atom. The quantitative estimate of drug-likeness (QED) is 0.272. The lowest BCUT2D eigenvalue weighted by molar-refractivity contribution is -0.216. The van der Waals surface area contributed by atoms with Crippen molar-refractivity contribution in [1.82, 2.24) is 24.9 Å². The maximum absolute atomic E-state index is 16.0. The van der Waals surface area contributed by atoms with Gasteiger partial charge in [0.05, 0.1) is 18.6 Å². The Kier molecular flexibility index (Phi) is 7.80. The van der Waals surface area contributed by atoms with Gasteiger partial charge in [-0.3, -0.25) is 20.1 Å². The number of aliphatic imine (C=N–C) groups is 1. The van der Waals surface area contributed by atoms with Crippen LogP contribution in [0.5, 0.6) is 0 Å². The second-order valence-electron chi connectivity index (χ2n) is 10.1. The van der Waals surface area contributed by atoms with Crippen LogP contribution in [0.3, 0.4) is 0 Å². The third kappa shape index (κ3) is 5.58. The van der Waals surface area contributed by atoms with Crippen LogP contribution in [0.4, 0.5) is 14.6 Å². The van der Waals surface area contributed by atoms with Crippen LogP contribution in [0.25, 0.3) is 11.0 Å². The van der Waals surface area contributed by atoms with E-state index in [-0.39, 0.29) is 17.3 Å². The van der Waals surface area contributed by atoms with Gasteiger partial charge in [0.1, 0.15) is 48.9 Å². The van der Waals surface area contributed by atoms with E-state index in [1.165, 1.54) is 23.2 Å². The maximum atomic E-state index is 16.0. The highest BCUT2D eigenvalue weighted by molar-refractivity contribution is 8.32. The molecule has 7 rings (SSSR count). The van der Waals surface area contributed by atoms with Crippen LogP contribution in [0.15, 0.2) is 33.9 Å². The van der Waals surface area contributed by atoms with E-state index >= 15 is 8.78 Å². The molecule has 2 aromatic heterocycles. The Morgan fingerprint density at radius 3 is 2.69 bits per heavy atom. The van der Waals surface area contributed by atoms with Crippen LogP contribution in [0.2, 0.25) is 0 Å². The standard InChI is InChI=1S/C20H22F2N10O9P2S2/c21-9-7-3-36-42(34,44)40-12-8(39-18(10(12)22)31-2-1-6-14(23)25-5-26-15(6)31)4-37-43(35,45)41-13(9)19(38-7)32-16-11(29-30-32)17(33)28-20(24)27-16/h1-2,5,7-13,18-19H,3-4H2,(H,34,44)(H,35,45)(H2,23,25,26)(H2,24,28,33)/p-2/t7-,8-,9+,10+,11?,12-,13-,18-,19-,42?,43?/m1/s1. The number of amidine groups is 1. The molecule has 2 bridgehead atoms. The molecule has 0 radical (unpaired) electrons. The third-order valence-corrected chi connectivity index (χ3v) is 10.4. The Labute approximate surface area is 260 Å². The van der Waals surface area contributed by atoms with Crippen molar-refractivity contribution in [3.63, 3.8) is 0 Å². The Morgan fingerprint density at radius 1 is 1.13 bits per heavy atom. The fourth-order valence-corrected chi connectivity index (χ4v) is 8.13. The fourth-order valence-electron chi connectivity index (χ4n) is 5.32. The molecule has 1 amide bonds. The first-order chi connectivity index (χ1) is 21.3.